The summed E-state index contributed by atoms with van der Waals surface area (Å²) >= 11 is 0. The molecule has 0 bridgehead atoms. The van der Waals surface area contributed by atoms with Crippen LogP contribution >= 0.6 is 0 Å². The minimum Gasteiger partial charge on any atom is -0.481 e. The van der Waals surface area contributed by atoms with Crippen molar-refractivity contribution in [2.75, 3.05) is 0 Å². The van der Waals surface area contributed by atoms with Gasteiger partial charge >= 0.3 is 5.97 Å². The third-order valence-electron chi connectivity index (χ3n) is 1.98. The molecule has 0 saturated carbocycles. The molecule has 0 fully saturated rings. The molecule has 0 atom stereocenters. The molecule has 4 heteroatoms. The van der Waals surface area contributed by atoms with Gasteiger partial charge in [0.2, 0.25) is 5.56 Å². The lowest BCUT2D eigenvalue weighted by Gasteiger charge is -2.18. The van der Waals surface area contributed by atoms with Crippen molar-refractivity contribution in [3.8, 4) is 0 Å². The molecule has 0 aromatic carbocycles. The van der Waals surface area contributed by atoms with Crippen LogP contribution in [-0.2, 0) is 10.2 Å². The number of nitrogens with one attached hydrogen (secondary N) is 1. The summed E-state index contributed by atoms with van der Waals surface area (Å²) in [5.74, 6) is -0.964. The zero-order valence-electron chi connectivity index (χ0n) is 7.50. The Balaban J connectivity index is 3.22. The Bertz CT molecular complexity index is 378. The van der Waals surface area contributed by atoms with Crippen molar-refractivity contribution in [2.24, 2.45) is 0 Å². The number of carbonyl (C=O) groups is 1. The zero-order valence-corrected chi connectivity index (χ0v) is 7.50. The molecule has 1 rings (SSSR count). The van der Waals surface area contributed by atoms with Gasteiger partial charge in [-0.15, -0.1) is 0 Å². The molecular weight excluding hydrogens is 170 g/mol. The number of carboxylic acid groups (broad SMARTS) is 1. The summed E-state index contributed by atoms with van der Waals surface area (Å²) in [6, 6.07) is 4.48. The van der Waals surface area contributed by atoms with Crippen LogP contribution in [0, 0.1) is 0 Å². The topological polar surface area (TPSA) is 70.2 Å². The van der Waals surface area contributed by atoms with Crippen LogP contribution in [0.1, 0.15) is 19.5 Å². The highest BCUT2D eigenvalue weighted by atomic mass is 16.4. The number of aromatic nitrogens is 1. The first-order valence-corrected chi connectivity index (χ1v) is 3.88. The van der Waals surface area contributed by atoms with Gasteiger partial charge in [-0.05, 0) is 19.9 Å². The first kappa shape index (κ1) is 9.51. The number of rotatable bonds is 2. The van der Waals surface area contributed by atoms with Gasteiger partial charge < -0.3 is 10.1 Å². The predicted octanol–water partition coefficient (Wildman–Crippen LogP) is 0.737. The number of aliphatic carboxylic acids is 1. The summed E-state index contributed by atoms with van der Waals surface area (Å²) in [5.41, 5.74) is -0.931. The Kier molecular flexibility index (Phi) is 2.23. The van der Waals surface area contributed by atoms with Crippen molar-refractivity contribution < 1.29 is 9.90 Å². The van der Waals surface area contributed by atoms with Gasteiger partial charge in [-0.25, -0.2) is 0 Å². The summed E-state index contributed by atoms with van der Waals surface area (Å²) in [6.45, 7) is 3.08. The van der Waals surface area contributed by atoms with Gasteiger partial charge in [0.05, 0.1) is 0 Å². The molecule has 13 heavy (non-hydrogen) atoms. The van der Waals surface area contributed by atoms with Gasteiger partial charge in [0.1, 0.15) is 5.41 Å². The molecule has 0 aliphatic carbocycles. The van der Waals surface area contributed by atoms with Crippen LogP contribution in [0.5, 0.6) is 0 Å². The minimum atomic E-state index is -1.06. The van der Waals surface area contributed by atoms with E-state index in [0.29, 0.717) is 5.69 Å². The zero-order chi connectivity index (χ0) is 10.1. The number of pyridine rings is 1. The van der Waals surface area contributed by atoms with E-state index in [2.05, 4.69) is 4.98 Å². The number of H-pyrrole nitrogens is 1. The molecule has 0 spiro atoms. The molecule has 0 unspecified atom stereocenters. The fraction of sp³-hybridized carbons (Fsp3) is 0.333. The smallest absolute Gasteiger partial charge is 0.315 e. The molecule has 2 N–H and O–H groups in total. The Morgan fingerprint density at radius 3 is 2.54 bits per heavy atom. The number of hydrogen-bond acceptors (Lipinski definition) is 2. The molecule has 0 aliphatic rings. The molecule has 0 aliphatic heterocycles. The van der Waals surface area contributed by atoms with E-state index in [9.17, 15) is 9.59 Å². The van der Waals surface area contributed by atoms with Crippen molar-refractivity contribution >= 4 is 5.97 Å². The fourth-order valence-electron chi connectivity index (χ4n) is 0.928. The van der Waals surface area contributed by atoms with E-state index in [4.69, 9.17) is 5.11 Å². The van der Waals surface area contributed by atoms with Crippen molar-refractivity contribution in [2.45, 2.75) is 19.3 Å². The Morgan fingerprint density at radius 1 is 1.46 bits per heavy atom. The van der Waals surface area contributed by atoms with Crippen LogP contribution in [0.25, 0.3) is 0 Å². The highest BCUT2D eigenvalue weighted by Crippen LogP contribution is 2.19. The SMILES string of the molecule is CC(C)(C(=O)O)c1cccc(=O)[nH]1. The van der Waals surface area contributed by atoms with Crippen LogP contribution < -0.4 is 5.56 Å². The average molecular weight is 181 g/mol. The number of carboxylic acids is 1. The van der Waals surface area contributed by atoms with E-state index in [1.54, 1.807) is 26.0 Å². The Labute approximate surface area is 75.2 Å². The summed E-state index contributed by atoms with van der Waals surface area (Å²) < 4.78 is 0. The van der Waals surface area contributed by atoms with Crippen molar-refractivity contribution in [1.29, 1.82) is 0 Å². The summed E-state index contributed by atoms with van der Waals surface area (Å²) in [4.78, 5) is 24.2. The van der Waals surface area contributed by atoms with Gasteiger partial charge in [-0.2, -0.15) is 0 Å². The molecule has 1 heterocycles. The van der Waals surface area contributed by atoms with Crippen molar-refractivity contribution in [1.82, 2.24) is 4.98 Å². The third-order valence-corrected chi connectivity index (χ3v) is 1.98. The second kappa shape index (κ2) is 3.05. The lowest BCUT2D eigenvalue weighted by atomic mass is 9.89. The van der Waals surface area contributed by atoms with E-state index in [1.165, 1.54) is 6.07 Å². The predicted molar refractivity (Wildman–Crippen MR) is 47.7 cm³/mol. The van der Waals surface area contributed by atoms with Gasteiger partial charge in [0.25, 0.3) is 0 Å². The molecule has 0 saturated heterocycles. The van der Waals surface area contributed by atoms with Gasteiger partial charge in [0.15, 0.2) is 0 Å². The van der Waals surface area contributed by atoms with E-state index < -0.39 is 11.4 Å². The molecular formula is C9H11NO3. The van der Waals surface area contributed by atoms with E-state index in [1.807, 2.05) is 0 Å². The van der Waals surface area contributed by atoms with Crippen LogP contribution in [0.4, 0.5) is 0 Å². The molecule has 1 aromatic rings. The molecule has 1 aromatic heterocycles. The van der Waals surface area contributed by atoms with Crippen molar-refractivity contribution in [3.63, 3.8) is 0 Å². The third kappa shape index (κ3) is 1.77. The van der Waals surface area contributed by atoms with Crippen molar-refractivity contribution in [3.05, 3.63) is 34.2 Å². The quantitative estimate of drug-likeness (QED) is 0.706. The fourth-order valence-corrected chi connectivity index (χ4v) is 0.928. The van der Waals surface area contributed by atoms with Crippen LogP contribution in [0.3, 0.4) is 0 Å². The Morgan fingerprint density at radius 2 is 2.08 bits per heavy atom. The normalized spacial score (nSPS) is 11.2. The maximum Gasteiger partial charge on any atom is 0.315 e. The highest BCUT2D eigenvalue weighted by molar-refractivity contribution is 5.79. The van der Waals surface area contributed by atoms with Crippen LogP contribution in [0.15, 0.2) is 23.0 Å². The van der Waals surface area contributed by atoms with Gasteiger partial charge in [0, 0.05) is 11.8 Å². The maximum absolute atomic E-state index is 10.9. The largest absolute Gasteiger partial charge is 0.481 e. The van der Waals surface area contributed by atoms with Gasteiger partial charge in [-0.3, -0.25) is 9.59 Å². The standard InChI is InChI=1S/C9H11NO3/c1-9(2,8(12)13)6-4-3-5-7(11)10-6/h3-5H,1-2H3,(H,10,11)(H,12,13). The summed E-state index contributed by atoms with van der Waals surface area (Å²) in [7, 11) is 0. The minimum absolute atomic E-state index is 0.285. The van der Waals surface area contributed by atoms with E-state index in [0.717, 1.165) is 0 Å². The lowest BCUT2D eigenvalue weighted by molar-refractivity contribution is -0.142. The molecule has 0 radical (unpaired) electrons. The molecule has 4 nitrogen and oxygen atoms in total. The number of aromatic amines is 1. The second-order valence-corrected chi connectivity index (χ2v) is 3.36. The Hall–Kier alpha value is -1.58. The van der Waals surface area contributed by atoms with Crippen LogP contribution in [0.2, 0.25) is 0 Å². The van der Waals surface area contributed by atoms with Gasteiger partial charge in [-0.1, -0.05) is 6.07 Å². The first-order valence-electron chi connectivity index (χ1n) is 3.88. The first-order chi connectivity index (χ1) is 5.94. The van der Waals surface area contributed by atoms with Crippen LogP contribution in [-0.4, -0.2) is 16.1 Å². The number of hydrogen-bond donors (Lipinski definition) is 2. The lowest BCUT2D eigenvalue weighted by Crippen LogP contribution is -2.31. The molecule has 70 valence electrons. The van der Waals surface area contributed by atoms with E-state index >= 15 is 0 Å². The maximum atomic E-state index is 10.9. The summed E-state index contributed by atoms with van der Waals surface area (Å²) in [6.07, 6.45) is 0. The highest BCUT2D eigenvalue weighted by Gasteiger charge is 2.30. The molecule has 0 amide bonds. The average Bonchev–Trinajstić information content (AvgIpc) is 2.04. The second-order valence-electron chi connectivity index (χ2n) is 3.36. The summed E-state index contributed by atoms with van der Waals surface area (Å²) in [5, 5.41) is 8.86. The van der Waals surface area contributed by atoms with E-state index in [-0.39, 0.29) is 5.56 Å². The monoisotopic (exact) mass is 181 g/mol.